The van der Waals surface area contributed by atoms with E-state index in [-0.39, 0.29) is 24.5 Å². The van der Waals surface area contributed by atoms with E-state index in [1.807, 2.05) is 61.5 Å². The Morgan fingerprint density at radius 1 is 1.00 bits per heavy atom. The molecule has 6 heteroatoms. The number of hydrogen-bond acceptors (Lipinski definition) is 4. The van der Waals surface area contributed by atoms with Crippen LogP contribution >= 0.6 is 0 Å². The van der Waals surface area contributed by atoms with Gasteiger partial charge in [0.2, 0.25) is 5.91 Å². The summed E-state index contributed by atoms with van der Waals surface area (Å²) in [5, 5.41) is 3.19. The first-order valence-electron chi connectivity index (χ1n) is 11.5. The lowest BCUT2D eigenvalue weighted by molar-refractivity contribution is -0.143. The predicted octanol–water partition coefficient (Wildman–Crippen LogP) is 4.33. The molecule has 0 aliphatic heterocycles. The van der Waals surface area contributed by atoms with Crippen molar-refractivity contribution >= 4 is 11.8 Å². The second-order valence-electron chi connectivity index (χ2n) is 8.24. The standard InChI is InChI=1S/C26H34N2O4/c1-3-24(26(30)27-21-10-6-4-7-11-21)28(18-20-14-16-22(31-2)17-15-20)25(29)19-32-23-12-8-5-9-13-23/h5,8-9,12-17,21,24H,3-4,6-7,10-11,18-19H2,1-2H3,(H,27,30). The van der Waals surface area contributed by atoms with E-state index < -0.39 is 6.04 Å². The minimum atomic E-state index is -0.550. The van der Waals surface area contributed by atoms with Gasteiger partial charge < -0.3 is 19.7 Å². The van der Waals surface area contributed by atoms with Gasteiger partial charge in [-0.05, 0) is 49.1 Å². The number of carbonyl (C=O) groups is 2. The van der Waals surface area contributed by atoms with E-state index in [1.54, 1.807) is 12.0 Å². The Bertz CT molecular complexity index is 848. The molecule has 1 N–H and O–H groups in total. The second-order valence-corrected chi connectivity index (χ2v) is 8.24. The molecule has 1 aliphatic carbocycles. The number of benzene rings is 2. The van der Waals surface area contributed by atoms with E-state index in [0.29, 0.717) is 18.7 Å². The van der Waals surface area contributed by atoms with Crippen LogP contribution in [0.5, 0.6) is 11.5 Å². The van der Waals surface area contributed by atoms with Crippen molar-refractivity contribution in [2.24, 2.45) is 0 Å². The van der Waals surface area contributed by atoms with Gasteiger partial charge in [0.25, 0.3) is 5.91 Å². The monoisotopic (exact) mass is 438 g/mol. The van der Waals surface area contributed by atoms with Crippen LogP contribution in [0.2, 0.25) is 0 Å². The van der Waals surface area contributed by atoms with Crippen LogP contribution in [0.15, 0.2) is 54.6 Å². The van der Waals surface area contributed by atoms with E-state index in [0.717, 1.165) is 37.0 Å². The zero-order valence-electron chi connectivity index (χ0n) is 19.1. The van der Waals surface area contributed by atoms with Crippen molar-refractivity contribution in [2.45, 2.75) is 64.1 Å². The third-order valence-corrected chi connectivity index (χ3v) is 5.95. The number of methoxy groups -OCH3 is 1. The maximum atomic E-state index is 13.2. The molecule has 2 aromatic rings. The lowest BCUT2D eigenvalue weighted by Gasteiger charge is -2.32. The lowest BCUT2D eigenvalue weighted by Crippen LogP contribution is -2.52. The summed E-state index contributed by atoms with van der Waals surface area (Å²) in [6.07, 6.45) is 6.05. The van der Waals surface area contributed by atoms with Gasteiger partial charge in [-0.25, -0.2) is 0 Å². The van der Waals surface area contributed by atoms with Crippen LogP contribution in [-0.4, -0.2) is 42.5 Å². The van der Waals surface area contributed by atoms with E-state index in [2.05, 4.69) is 5.32 Å². The largest absolute Gasteiger partial charge is 0.497 e. The van der Waals surface area contributed by atoms with Crippen molar-refractivity contribution in [2.75, 3.05) is 13.7 Å². The average molecular weight is 439 g/mol. The molecule has 3 rings (SSSR count). The summed E-state index contributed by atoms with van der Waals surface area (Å²) in [5.41, 5.74) is 0.933. The van der Waals surface area contributed by atoms with Gasteiger partial charge in [-0.15, -0.1) is 0 Å². The molecule has 6 nitrogen and oxygen atoms in total. The zero-order valence-corrected chi connectivity index (χ0v) is 19.1. The number of nitrogens with zero attached hydrogens (tertiary/aromatic N) is 1. The SMILES string of the molecule is CCC(C(=O)NC1CCCCC1)N(Cc1ccc(OC)cc1)C(=O)COc1ccccc1. The quantitative estimate of drug-likeness (QED) is 0.600. The summed E-state index contributed by atoms with van der Waals surface area (Å²) in [5.74, 6) is 1.09. The van der Waals surface area contributed by atoms with Gasteiger partial charge in [-0.1, -0.05) is 56.5 Å². The minimum absolute atomic E-state index is 0.0824. The molecule has 2 amide bonds. The molecule has 1 saturated carbocycles. The molecule has 0 saturated heterocycles. The fraction of sp³-hybridized carbons (Fsp3) is 0.462. The molecule has 1 atom stereocenters. The van der Waals surface area contributed by atoms with E-state index >= 15 is 0 Å². The maximum absolute atomic E-state index is 13.2. The highest BCUT2D eigenvalue weighted by atomic mass is 16.5. The normalized spacial score (nSPS) is 14.9. The molecular weight excluding hydrogens is 404 g/mol. The first-order chi connectivity index (χ1) is 15.6. The molecule has 0 spiro atoms. The van der Waals surface area contributed by atoms with Crippen LogP contribution in [0.25, 0.3) is 0 Å². The van der Waals surface area contributed by atoms with E-state index in [1.165, 1.54) is 6.42 Å². The van der Waals surface area contributed by atoms with Crippen LogP contribution in [0.3, 0.4) is 0 Å². The fourth-order valence-corrected chi connectivity index (χ4v) is 4.14. The minimum Gasteiger partial charge on any atom is -0.497 e. The maximum Gasteiger partial charge on any atom is 0.261 e. The molecule has 1 unspecified atom stereocenters. The summed E-state index contributed by atoms with van der Waals surface area (Å²) < 4.78 is 10.9. The van der Waals surface area contributed by atoms with Crippen molar-refractivity contribution in [1.82, 2.24) is 10.2 Å². The summed E-state index contributed by atoms with van der Waals surface area (Å²) >= 11 is 0. The fourth-order valence-electron chi connectivity index (χ4n) is 4.14. The van der Waals surface area contributed by atoms with Gasteiger partial charge in [0.05, 0.1) is 7.11 Å². The molecule has 0 aromatic heterocycles. The molecular formula is C26H34N2O4. The number of nitrogens with one attached hydrogen (secondary N) is 1. The Kier molecular flexibility index (Phi) is 8.96. The van der Waals surface area contributed by atoms with Crippen LogP contribution in [-0.2, 0) is 16.1 Å². The van der Waals surface area contributed by atoms with Gasteiger partial charge in [0, 0.05) is 12.6 Å². The number of carbonyl (C=O) groups excluding carboxylic acids is 2. The van der Waals surface area contributed by atoms with Crippen molar-refractivity contribution in [3.05, 3.63) is 60.2 Å². The van der Waals surface area contributed by atoms with Crippen LogP contribution in [0.4, 0.5) is 0 Å². The van der Waals surface area contributed by atoms with Gasteiger partial charge in [0.1, 0.15) is 17.5 Å². The Hall–Kier alpha value is -3.02. The molecule has 32 heavy (non-hydrogen) atoms. The Morgan fingerprint density at radius 2 is 1.69 bits per heavy atom. The number of ether oxygens (including phenoxy) is 2. The van der Waals surface area contributed by atoms with Crippen molar-refractivity contribution < 1.29 is 19.1 Å². The molecule has 0 radical (unpaired) electrons. The summed E-state index contributed by atoms with van der Waals surface area (Å²) in [7, 11) is 1.62. The topological polar surface area (TPSA) is 67.9 Å². The molecule has 1 fully saturated rings. The molecule has 0 bridgehead atoms. The molecule has 172 valence electrons. The number of hydrogen-bond donors (Lipinski definition) is 1. The lowest BCUT2D eigenvalue weighted by atomic mass is 9.95. The van der Waals surface area contributed by atoms with Crippen LogP contribution < -0.4 is 14.8 Å². The van der Waals surface area contributed by atoms with Gasteiger partial charge in [-0.2, -0.15) is 0 Å². The average Bonchev–Trinajstić information content (AvgIpc) is 2.84. The second kappa shape index (κ2) is 12.1. The van der Waals surface area contributed by atoms with Gasteiger partial charge in [-0.3, -0.25) is 9.59 Å². The summed E-state index contributed by atoms with van der Waals surface area (Å²) in [6, 6.07) is 16.5. The van der Waals surface area contributed by atoms with Crippen molar-refractivity contribution in [1.29, 1.82) is 0 Å². The highest BCUT2D eigenvalue weighted by Crippen LogP contribution is 2.20. The van der Waals surface area contributed by atoms with Gasteiger partial charge >= 0.3 is 0 Å². The third-order valence-electron chi connectivity index (χ3n) is 5.95. The highest BCUT2D eigenvalue weighted by molar-refractivity contribution is 5.88. The highest BCUT2D eigenvalue weighted by Gasteiger charge is 2.30. The van der Waals surface area contributed by atoms with E-state index in [4.69, 9.17) is 9.47 Å². The van der Waals surface area contributed by atoms with Crippen LogP contribution in [0.1, 0.15) is 51.0 Å². The number of amides is 2. The Morgan fingerprint density at radius 3 is 2.31 bits per heavy atom. The Balaban J connectivity index is 1.74. The smallest absolute Gasteiger partial charge is 0.261 e. The molecule has 1 aliphatic rings. The summed E-state index contributed by atoms with van der Waals surface area (Å²) in [6.45, 7) is 2.16. The molecule has 0 heterocycles. The van der Waals surface area contributed by atoms with Crippen LogP contribution in [0, 0.1) is 0 Å². The van der Waals surface area contributed by atoms with E-state index in [9.17, 15) is 9.59 Å². The van der Waals surface area contributed by atoms with Crippen molar-refractivity contribution in [3.8, 4) is 11.5 Å². The Labute approximate surface area is 190 Å². The number of rotatable bonds is 10. The van der Waals surface area contributed by atoms with Crippen molar-refractivity contribution in [3.63, 3.8) is 0 Å². The molecule has 2 aromatic carbocycles. The zero-order chi connectivity index (χ0) is 22.8. The first kappa shape index (κ1) is 23.6. The number of para-hydroxylation sites is 1. The first-order valence-corrected chi connectivity index (χ1v) is 11.5. The summed E-state index contributed by atoms with van der Waals surface area (Å²) in [4.78, 5) is 28.1. The predicted molar refractivity (Wildman–Crippen MR) is 125 cm³/mol. The third kappa shape index (κ3) is 6.74. The van der Waals surface area contributed by atoms with Gasteiger partial charge in [0.15, 0.2) is 6.61 Å².